The molecule has 1 aromatic heterocycles. The van der Waals surface area contributed by atoms with Crippen molar-refractivity contribution in [3.05, 3.63) is 47.9 Å². The fraction of sp³-hybridized carbons (Fsp3) is 0.316. The number of anilines is 1. The van der Waals surface area contributed by atoms with E-state index in [1.165, 1.54) is 12.5 Å². The molecule has 2 aromatic rings. The molecule has 0 spiro atoms. The predicted molar refractivity (Wildman–Crippen MR) is 92.4 cm³/mol. The van der Waals surface area contributed by atoms with Crippen LogP contribution in [0.4, 0.5) is 5.69 Å². The molecule has 1 heterocycles. The van der Waals surface area contributed by atoms with Gasteiger partial charge in [-0.2, -0.15) is 0 Å². The summed E-state index contributed by atoms with van der Waals surface area (Å²) in [4.78, 5) is 12.1. The van der Waals surface area contributed by atoms with Gasteiger partial charge in [0.2, 0.25) is 5.91 Å². The summed E-state index contributed by atoms with van der Waals surface area (Å²) in [7, 11) is 3.13. The van der Waals surface area contributed by atoms with Crippen molar-refractivity contribution < 1.29 is 18.7 Å². The fourth-order valence-corrected chi connectivity index (χ4v) is 2.60. The molecule has 3 rings (SSSR count). The Morgan fingerprint density at radius 3 is 2.46 bits per heavy atom. The van der Waals surface area contributed by atoms with Crippen molar-refractivity contribution in [3.63, 3.8) is 0 Å². The number of benzene rings is 1. The van der Waals surface area contributed by atoms with Crippen molar-refractivity contribution in [3.8, 4) is 11.5 Å². The third-order valence-corrected chi connectivity index (χ3v) is 4.14. The number of amides is 1. The molecule has 5 nitrogen and oxygen atoms in total. The summed E-state index contributed by atoms with van der Waals surface area (Å²) in [5.41, 5.74) is 0.604. The van der Waals surface area contributed by atoms with Crippen molar-refractivity contribution in [1.82, 2.24) is 0 Å². The number of furan rings is 1. The number of methoxy groups -OCH3 is 2. The number of rotatable bonds is 6. The van der Waals surface area contributed by atoms with Crippen LogP contribution in [0.5, 0.6) is 11.5 Å². The molecule has 5 heteroatoms. The summed E-state index contributed by atoms with van der Waals surface area (Å²) in [5, 5.41) is 2.78. The Morgan fingerprint density at radius 2 is 1.88 bits per heavy atom. The Balaban J connectivity index is 1.63. The molecule has 0 bridgehead atoms. The van der Waals surface area contributed by atoms with Gasteiger partial charge >= 0.3 is 0 Å². The van der Waals surface area contributed by atoms with Gasteiger partial charge in [-0.1, -0.05) is 6.92 Å². The number of carbonyl (C=O) groups excluding carboxylic acids is 1. The van der Waals surface area contributed by atoms with Crippen molar-refractivity contribution >= 4 is 17.7 Å². The predicted octanol–water partition coefficient (Wildman–Crippen LogP) is 4.07. The quantitative estimate of drug-likeness (QED) is 0.812. The average molecular weight is 327 g/mol. The lowest BCUT2D eigenvalue weighted by atomic mass is 10.2. The molecule has 1 saturated carbocycles. The zero-order chi connectivity index (χ0) is 17.1. The second-order valence-corrected chi connectivity index (χ2v) is 5.98. The summed E-state index contributed by atoms with van der Waals surface area (Å²) in [6.45, 7) is 2.21. The SMILES string of the molecule is COc1cc(NC(=O)/C=C/c2ccc(C3CC3C)o2)cc(OC)c1. The summed E-state index contributed by atoms with van der Waals surface area (Å²) in [5.74, 6) is 3.89. The Kier molecular flexibility index (Phi) is 4.60. The van der Waals surface area contributed by atoms with Crippen LogP contribution < -0.4 is 14.8 Å². The van der Waals surface area contributed by atoms with Crippen molar-refractivity contribution in [2.45, 2.75) is 19.3 Å². The number of nitrogens with one attached hydrogen (secondary N) is 1. The Bertz CT molecular complexity index is 740. The first-order chi connectivity index (χ1) is 11.6. The molecule has 2 unspecified atom stereocenters. The van der Waals surface area contributed by atoms with Gasteiger partial charge in [-0.05, 0) is 30.5 Å². The summed E-state index contributed by atoms with van der Waals surface area (Å²) >= 11 is 0. The smallest absolute Gasteiger partial charge is 0.248 e. The first kappa shape index (κ1) is 16.2. The van der Waals surface area contributed by atoms with Crippen molar-refractivity contribution in [2.24, 2.45) is 5.92 Å². The van der Waals surface area contributed by atoms with E-state index in [-0.39, 0.29) is 5.91 Å². The van der Waals surface area contributed by atoms with Gasteiger partial charge in [-0.25, -0.2) is 0 Å². The van der Waals surface area contributed by atoms with E-state index < -0.39 is 0 Å². The van der Waals surface area contributed by atoms with Crippen LogP contribution in [0.25, 0.3) is 6.08 Å². The Morgan fingerprint density at radius 1 is 1.21 bits per heavy atom. The Labute approximate surface area is 141 Å². The minimum absolute atomic E-state index is 0.247. The lowest BCUT2D eigenvalue weighted by molar-refractivity contribution is -0.111. The summed E-state index contributed by atoms with van der Waals surface area (Å²) < 4.78 is 16.1. The maximum absolute atomic E-state index is 12.1. The van der Waals surface area contributed by atoms with Crippen molar-refractivity contribution in [2.75, 3.05) is 19.5 Å². The van der Waals surface area contributed by atoms with Gasteiger partial charge in [0.15, 0.2) is 0 Å². The maximum atomic E-state index is 12.1. The normalized spacial score (nSPS) is 19.3. The molecular formula is C19H21NO4. The van der Waals surface area contributed by atoms with Gasteiger partial charge in [-0.3, -0.25) is 4.79 Å². The van der Waals surface area contributed by atoms with Gasteiger partial charge in [-0.15, -0.1) is 0 Å². The van der Waals surface area contributed by atoms with Crippen LogP contribution in [0.15, 0.2) is 40.8 Å². The summed E-state index contributed by atoms with van der Waals surface area (Å²) in [6.07, 6.45) is 4.29. The first-order valence-corrected chi connectivity index (χ1v) is 7.91. The van der Waals surface area contributed by atoms with E-state index in [0.717, 1.165) is 5.76 Å². The van der Waals surface area contributed by atoms with E-state index >= 15 is 0 Å². The zero-order valence-electron chi connectivity index (χ0n) is 14.0. The van der Waals surface area contributed by atoms with Crippen LogP contribution in [-0.4, -0.2) is 20.1 Å². The molecule has 0 saturated heterocycles. The maximum Gasteiger partial charge on any atom is 0.248 e. The average Bonchev–Trinajstić information content (AvgIpc) is 3.12. The summed E-state index contributed by atoms with van der Waals surface area (Å²) in [6, 6.07) is 9.08. The molecule has 1 amide bonds. The van der Waals surface area contributed by atoms with E-state index in [0.29, 0.717) is 34.8 Å². The van der Waals surface area contributed by atoms with Crippen LogP contribution in [0.1, 0.15) is 30.8 Å². The van der Waals surface area contributed by atoms with E-state index in [2.05, 4.69) is 12.2 Å². The largest absolute Gasteiger partial charge is 0.497 e. The molecule has 1 fully saturated rings. The van der Waals surface area contributed by atoms with Gasteiger partial charge in [0.25, 0.3) is 0 Å². The van der Waals surface area contributed by atoms with E-state index in [1.807, 2.05) is 12.1 Å². The van der Waals surface area contributed by atoms with E-state index in [9.17, 15) is 4.79 Å². The minimum atomic E-state index is -0.247. The number of hydrogen-bond acceptors (Lipinski definition) is 4. The van der Waals surface area contributed by atoms with Gasteiger partial charge in [0.1, 0.15) is 23.0 Å². The zero-order valence-corrected chi connectivity index (χ0v) is 14.0. The molecule has 24 heavy (non-hydrogen) atoms. The van der Waals surface area contributed by atoms with Gasteiger partial charge in [0, 0.05) is 35.9 Å². The van der Waals surface area contributed by atoms with Gasteiger partial charge < -0.3 is 19.2 Å². The van der Waals surface area contributed by atoms with Crippen LogP contribution >= 0.6 is 0 Å². The topological polar surface area (TPSA) is 60.7 Å². The highest BCUT2D eigenvalue weighted by atomic mass is 16.5. The van der Waals surface area contributed by atoms with E-state index in [1.54, 1.807) is 38.5 Å². The lowest BCUT2D eigenvalue weighted by Gasteiger charge is -2.08. The van der Waals surface area contributed by atoms with Crippen LogP contribution in [-0.2, 0) is 4.79 Å². The molecule has 126 valence electrons. The fourth-order valence-electron chi connectivity index (χ4n) is 2.60. The lowest BCUT2D eigenvalue weighted by Crippen LogP contribution is -2.08. The van der Waals surface area contributed by atoms with Crippen molar-refractivity contribution in [1.29, 1.82) is 0 Å². The molecule has 2 atom stereocenters. The van der Waals surface area contributed by atoms with E-state index in [4.69, 9.17) is 13.9 Å². The third-order valence-electron chi connectivity index (χ3n) is 4.14. The molecule has 1 aromatic carbocycles. The van der Waals surface area contributed by atoms with Gasteiger partial charge in [0.05, 0.1) is 14.2 Å². The molecule has 0 aliphatic heterocycles. The molecule has 0 radical (unpaired) electrons. The monoisotopic (exact) mass is 327 g/mol. The standard InChI is InChI=1S/C19H21NO4/c1-12-8-17(12)18-6-4-14(24-18)5-7-19(21)20-13-9-15(22-2)11-16(10-13)23-3/h4-7,9-12,17H,8H2,1-3H3,(H,20,21)/b7-5+. The van der Waals surface area contributed by atoms with Crippen LogP contribution in [0, 0.1) is 5.92 Å². The minimum Gasteiger partial charge on any atom is -0.497 e. The highest BCUT2D eigenvalue weighted by Gasteiger charge is 2.36. The Hall–Kier alpha value is -2.69. The van der Waals surface area contributed by atoms with Crippen LogP contribution in [0.2, 0.25) is 0 Å². The molecule has 1 aliphatic rings. The third kappa shape index (κ3) is 3.79. The number of ether oxygens (including phenoxy) is 2. The second-order valence-electron chi connectivity index (χ2n) is 5.98. The first-order valence-electron chi connectivity index (χ1n) is 7.91. The molecule has 1 aliphatic carbocycles. The molecular weight excluding hydrogens is 306 g/mol. The highest BCUT2D eigenvalue weighted by molar-refractivity contribution is 6.02. The van der Waals surface area contributed by atoms with Crippen LogP contribution in [0.3, 0.4) is 0 Å². The number of carbonyl (C=O) groups is 1. The number of hydrogen-bond donors (Lipinski definition) is 1. The highest BCUT2D eigenvalue weighted by Crippen LogP contribution is 2.47. The molecule has 1 N–H and O–H groups in total. The second kappa shape index (κ2) is 6.83.